The molecule has 2 saturated carbocycles. The van der Waals surface area contributed by atoms with Crippen LogP contribution in [-0.2, 0) is 4.74 Å². The lowest BCUT2D eigenvalue weighted by atomic mass is 10.1. The summed E-state index contributed by atoms with van der Waals surface area (Å²) in [7, 11) is 0. The Kier molecular flexibility index (Phi) is 5.26. The molecule has 2 aromatic heterocycles. The van der Waals surface area contributed by atoms with Gasteiger partial charge in [0.05, 0.1) is 29.4 Å². The number of benzene rings is 1. The molecule has 0 unspecified atom stereocenters. The standard InChI is InChI=1S/C24H31FN6O4S/c1-3-8-36-24-27-22(26-16-10-14(16)13-5-4-12(2)15(25)9-13)19-23(28-24)31(30-29-19)17-11-18(35-7-6-32)21(34)20(17)33/h4-5,9,14,16-18,20-21,32-34H,3,6-8,10-11H2,1-2H3,(H,26,27,28)/t14-,16+,17+,18-,20-,21+/m0/s1/i3D2,6D2,8D2,16D. The fraction of sp³-hybridized carbons (Fsp3) is 0.583. The van der Waals surface area contributed by atoms with Gasteiger partial charge in [-0.3, -0.25) is 0 Å². The maximum atomic E-state index is 14.2. The van der Waals surface area contributed by atoms with Crippen molar-refractivity contribution < 1.29 is 34.0 Å². The number of aromatic nitrogens is 5. The first kappa shape index (κ1) is 18.0. The third kappa shape index (κ3) is 4.92. The van der Waals surface area contributed by atoms with Crippen LogP contribution in [0.1, 0.15) is 58.8 Å². The Morgan fingerprint density at radius 2 is 2.14 bits per heavy atom. The van der Waals surface area contributed by atoms with E-state index in [4.69, 9.17) is 14.3 Å². The molecule has 0 spiro atoms. The molecule has 3 aromatic rings. The molecule has 0 radical (unpaired) electrons. The number of rotatable bonds is 10. The average molecular weight is 526 g/mol. The number of aliphatic hydroxyl groups is 3. The van der Waals surface area contributed by atoms with Gasteiger partial charge in [0, 0.05) is 29.5 Å². The van der Waals surface area contributed by atoms with Gasteiger partial charge < -0.3 is 25.4 Å². The van der Waals surface area contributed by atoms with Crippen LogP contribution in [0.25, 0.3) is 11.2 Å². The Hall–Kier alpha value is -2.38. The second-order valence-electron chi connectivity index (χ2n) is 8.72. The minimum absolute atomic E-state index is 0.00869. The summed E-state index contributed by atoms with van der Waals surface area (Å²) in [4.78, 5) is 8.70. The number of aliphatic hydroxyl groups excluding tert-OH is 2. The van der Waals surface area contributed by atoms with Gasteiger partial charge >= 0.3 is 0 Å². The zero-order chi connectivity index (χ0) is 31.7. The molecule has 0 bridgehead atoms. The summed E-state index contributed by atoms with van der Waals surface area (Å²) in [6.07, 6.45) is -6.10. The van der Waals surface area contributed by atoms with E-state index in [1.54, 1.807) is 19.1 Å². The number of fused-ring (bicyclic) bond motifs is 1. The van der Waals surface area contributed by atoms with Crippen molar-refractivity contribution in [1.82, 2.24) is 25.0 Å². The molecule has 36 heavy (non-hydrogen) atoms. The van der Waals surface area contributed by atoms with Crippen LogP contribution >= 0.6 is 11.8 Å². The molecule has 194 valence electrons. The van der Waals surface area contributed by atoms with Crippen LogP contribution in [0.3, 0.4) is 0 Å². The topological polar surface area (TPSA) is 138 Å². The number of anilines is 1. The highest BCUT2D eigenvalue weighted by Gasteiger charge is 2.45. The van der Waals surface area contributed by atoms with E-state index in [1.807, 2.05) is 0 Å². The zero-order valence-corrected chi connectivity index (χ0v) is 20.3. The number of aryl methyl sites for hydroxylation is 1. The van der Waals surface area contributed by atoms with Gasteiger partial charge in [0.15, 0.2) is 22.1 Å². The van der Waals surface area contributed by atoms with Crippen molar-refractivity contribution in [2.45, 2.75) is 74.5 Å². The van der Waals surface area contributed by atoms with Crippen LogP contribution in [-0.4, -0.2) is 83.5 Å². The maximum Gasteiger partial charge on any atom is 0.191 e. The van der Waals surface area contributed by atoms with Crippen molar-refractivity contribution >= 4 is 28.7 Å². The van der Waals surface area contributed by atoms with E-state index < -0.39 is 67.4 Å². The number of nitrogens with zero attached hydrogens (tertiary/aromatic N) is 5. The molecule has 0 saturated heterocycles. The van der Waals surface area contributed by atoms with Gasteiger partial charge in [-0.2, -0.15) is 0 Å². The SMILES string of the molecule is [2H]C([2H])(O)CO[C@H]1C[C@@H](n2nnc3c(N[C@]4([2H])C[C@H]4c4ccc(C)c(F)c4)nc(SC([2H])([2H])C([2H])([2H])C)nc32)[C@H](O)[C@@H]1O. The van der Waals surface area contributed by atoms with Gasteiger partial charge in [-0.25, -0.2) is 19.0 Å². The van der Waals surface area contributed by atoms with Gasteiger partial charge in [0.1, 0.15) is 18.0 Å². The minimum atomic E-state index is -2.66. The van der Waals surface area contributed by atoms with E-state index >= 15 is 0 Å². The molecule has 2 fully saturated rings. The first-order chi connectivity index (χ1) is 19.8. The number of hydrogen-bond donors (Lipinski definition) is 4. The van der Waals surface area contributed by atoms with Crippen LogP contribution in [0, 0.1) is 12.7 Å². The van der Waals surface area contributed by atoms with Gasteiger partial charge in [-0.1, -0.05) is 36.0 Å². The largest absolute Gasteiger partial charge is 0.394 e. The number of ether oxygens (including phenoxy) is 1. The molecule has 2 aliphatic rings. The van der Waals surface area contributed by atoms with Crippen LogP contribution in [0.4, 0.5) is 10.2 Å². The third-order valence-corrected chi connectivity index (χ3v) is 7.06. The van der Waals surface area contributed by atoms with Crippen LogP contribution in [0.5, 0.6) is 0 Å². The van der Waals surface area contributed by atoms with Crippen molar-refractivity contribution in [2.24, 2.45) is 0 Å². The van der Waals surface area contributed by atoms with Crippen LogP contribution < -0.4 is 5.32 Å². The summed E-state index contributed by atoms with van der Waals surface area (Å²) < 4.78 is 76.4. The third-order valence-electron chi connectivity index (χ3n) is 6.38. The van der Waals surface area contributed by atoms with E-state index in [0.717, 1.165) is 6.92 Å². The van der Waals surface area contributed by atoms with Crippen molar-refractivity contribution in [3.05, 3.63) is 35.1 Å². The quantitative estimate of drug-likeness (QED) is 0.230. The minimum Gasteiger partial charge on any atom is -0.394 e. The lowest BCUT2D eigenvalue weighted by molar-refractivity contribution is -0.0629. The first-order valence-corrected chi connectivity index (χ1v) is 12.2. The summed E-state index contributed by atoms with van der Waals surface area (Å²) in [6, 6.07) is 2.41. The average Bonchev–Trinajstić information content (AvgIpc) is 3.21. The summed E-state index contributed by atoms with van der Waals surface area (Å²) in [5.41, 5.74) is -1.37. The molecule has 1 aromatic carbocycles. The maximum absolute atomic E-state index is 14.2. The Morgan fingerprint density at radius 3 is 2.89 bits per heavy atom. The van der Waals surface area contributed by atoms with Gasteiger partial charge in [0.25, 0.3) is 0 Å². The highest BCUT2D eigenvalue weighted by atomic mass is 32.2. The smallest absolute Gasteiger partial charge is 0.191 e. The molecule has 6 atom stereocenters. The predicted molar refractivity (Wildman–Crippen MR) is 133 cm³/mol. The Morgan fingerprint density at radius 1 is 1.31 bits per heavy atom. The molecule has 0 aliphatic heterocycles. The van der Waals surface area contributed by atoms with Crippen LogP contribution in [0.2, 0.25) is 0 Å². The molecule has 4 N–H and O–H groups in total. The van der Waals surface area contributed by atoms with Crippen molar-refractivity contribution in [2.75, 3.05) is 24.2 Å². The van der Waals surface area contributed by atoms with E-state index in [1.165, 1.54) is 10.7 Å². The van der Waals surface area contributed by atoms with Gasteiger partial charge in [-0.15, -0.1) is 5.10 Å². The number of hydrogen-bond acceptors (Lipinski definition) is 10. The van der Waals surface area contributed by atoms with E-state index in [9.17, 15) is 19.7 Å². The Balaban J connectivity index is 1.51. The molecular formula is C24H31FN6O4S. The lowest BCUT2D eigenvalue weighted by Crippen LogP contribution is -2.33. The number of halogens is 1. The fourth-order valence-electron chi connectivity index (χ4n) is 4.38. The van der Waals surface area contributed by atoms with Gasteiger partial charge in [-0.05, 0) is 36.9 Å². The summed E-state index contributed by atoms with van der Waals surface area (Å²) in [6.45, 7) is -0.712. The van der Waals surface area contributed by atoms with Crippen molar-refractivity contribution in [1.29, 1.82) is 0 Å². The van der Waals surface area contributed by atoms with E-state index in [-0.39, 0.29) is 28.6 Å². The van der Waals surface area contributed by atoms with Crippen molar-refractivity contribution in [3.63, 3.8) is 0 Å². The first-order valence-electron chi connectivity index (χ1n) is 14.9. The second-order valence-corrected chi connectivity index (χ2v) is 9.50. The predicted octanol–water partition coefficient (Wildman–Crippen LogP) is 2.18. The molecule has 2 heterocycles. The summed E-state index contributed by atoms with van der Waals surface area (Å²) >= 11 is 0.407. The van der Waals surface area contributed by atoms with E-state index in [2.05, 4.69) is 25.6 Å². The highest BCUT2D eigenvalue weighted by Crippen LogP contribution is 2.44. The molecule has 12 heteroatoms. The fourth-order valence-corrected chi connectivity index (χ4v) is 4.84. The molecule has 10 nitrogen and oxygen atoms in total. The molecular weight excluding hydrogens is 487 g/mol. The molecule has 5 rings (SSSR count). The number of nitrogens with one attached hydrogen (secondary N) is 1. The normalized spacial score (nSPS) is 33.7. The Labute approximate surface area is 222 Å². The second kappa shape index (κ2) is 10.5. The van der Waals surface area contributed by atoms with E-state index in [0.29, 0.717) is 29.3 Å². The zero-order valence-electron chi connectivity index (χ0n) is 26.5. The summed E-state index contributed by atoms with van der Waals surface area (Å²) in [5.74, 6) is -0.818. The monoisotopic (exact) mass is 525 g/mol. The van der Waals surface area contributed by atoms with Gasteiger partial charge in [0.2, 0.25) is 0 Å². The molecule has 2 aliphatic carbocycles. The van der Waals surface area contributed by atoms with Crippen LogP contribution in [0.15, 0.2) is 23.4 Å². The lowest BCUT2D eigenvalue weighted by Gasteiger charge is -2.17. The molecule has 0 amide bonds. The Bertz CT molecular complexity index is 1530. The number of thioether (sulfide) groups is 1. The highest BCUT2D eigenvalue weighted by molar-refractivity contribution is 7.99. The summed E-state index contributed by atoms with van der Waals surface area (Å²) in [5, 5.41) is 41.7. The van der Waals surface area contributed by atoms with Crippen molar-refractivity contribution in [3.8, 4) is 0 Å².